The second-order valence-electron chi connectivity index (χ2n) is 8.52. The fraction of sp³-hybridized carbons (Fsp3) is 0.333. The molecule has 1 fully saturated rings. The summed E-state index contributed by atoms with van der Waals surface area (Å²) in [7, 11) is 0. The molecule has 0 saturated carbocycles. The van der Waals surface area contributed by atoms with E-state index in [0.717, 1.165) is 44.4 Å². The van der Waals surface area contributed by atoms with Gasteiger partial charge in [-0.3, -0.25) is 9.69 Å². The highest BCUT2D eigenvalue weighted by Gasteiger charge is 2.34. The van der Waals surface area contributed by atoms with Crippen LogP contribution >= 0.6 is 0 Å². The van der Waals surface area contributed by atoms with Gasteiger partial charge < -0.3 is 25.8 Å². The monoisotopic (exact) mass is 502 g/mol. The number of fused-ring (bicyclic) bond motifs is 1. The predicted octanol–water partition coefficient (Wildman–Crippen LogP) is 3.42. The van der Waals surface area contributed by atoms with E-state index >= 15 is 0 Å². The van der Waals surface area contributed by atoms with Crippen LogP contribution in [0.5, 0.6) is 17.2 Å². The van der Waals surface area contributed by atoms with E-state index in [0.29, 0.717) is 23.7 Å². The van der Waals surface area contributed by atoms with Crippen LogP contribution in [-0.4, -0.2) is 59.7 Å². The predicted molar refractivity (Wildman–Crippen MR) is 126 cm³/mol. The summed E-state index contributed by atoms with van der Waals surface area (Å²) in [5, 5.41) is 11.4. The Bertz CT molecular complexity index is 1240. The van der Waals surface area contributed by atoms with E-state index in [-0.39, 0.29) is 23.2 Å². The highest BCUT2D eigenvalue weighted by atomic mass is 19.4. The van der Waals surface area contributed by atoms with Gasteiger partial charge in [-0.2, -0.15) is 5.10 Å². The largest absolute Gasteiger partial charge is 0.573 e. The lowest BCUT2D eigenvalue weighted by molar-refractivity contribution is -0.274. The molecule has 5 rings (SSSR count). The van der Waals surface area contributed by atoms with E-state index in [1.807, 2.05) is 0 Å². The summed E-state index contributed by atoms with van der Waals surface area (Å²) in [4.78, 5) is 14.8. The Kier molecular flexibility index (Phi) is 6.46. The molecule has 0 spiro atoms. The number of ether oxygens (including phenoxy) is 2. The van der Waals surface area contributed by atoms with Gasteiger partial charge in [0.05, 0.1) is 17.4 Å². The van der Waals surface area contributed by atoms with Gasteiger partial charge in [0.2, 0.25) is 0 Å². The smallest absolute Gasteiger partial charge is 0.457 e. The fourth-order valence-electron chi connectivity index (χ4n) is 4.60. The first-order valence-electron chi connectivity index (χ1n) is 11.5. The summed E-state index contributed by atoms with van der Waals surface area (Å²) in [6.07, 6.45) is -3.92. The molecule has 2 aliphatic rings. The van der Waals surface area contributed by atoms with Crippen molar-refractivity contribution < 1.29 is 27.4 Å². The molecule has 1 atom stereocenters. The molecule has 4 N–H and O–H groups in total. The molecular weight excluding hydrogens is 477 g/mol. The average Bonchev–Trinajstić information content (AvgIpc) is 3.24. The summed E-state index contributed by atoms with van der Waals surface area (Å²) in [5.41, 5.74) is 8.07. The Balaban J connectivity index is 1.40. The Labute approximate surface area is 205 Å². The van der Waals surface area contributed by atoms with Gasteiger partial charge in [0.15, 0.2) is 5.69 Å². The first-order valence-corrected chi connectivity index (χ1v) is 11.5. The molecule has 1 aromatic heterocycles. The molecule has 36 heavy (non-hydrogen) atoms. The van der Waals surface area contributed by atoms with Crippen molar-refractivity contribution >= 4 is 11.6 Å². The van der Waals surface area contributed by atoms with E-state index in [2.05, 4.69) is 20.3 Å². The molecule has 12 heteroatoms. The minimum Gasteiger partial charge on any atom is -0.457 e. The van der Waals surface area contributed by atoms with Gasteiger partial charge in [0.25, 0.3) is 5.91 Å². The number of carbonyl (C=O) groups excluding carboxylic acids is 1. The second-order valence-corrected chi connectivity index (χ2v) is 8.52. The molecule has 3 heterocycles. The number of nitrogens with zero attached hydrogens (tertiary/aromatic N) is 3. The van der Waals surface area contributed by atoms with Crippen molar-refractivity contribution in [2.24, 2.45) is 5.73 Å². The number of hydrogen-bond donors (Lipinski definition) is 3. The number of amides is 1. The minimum absolute atomic E-state index is 0.0801. The molecule has 190 valence electrons. The first-order chi connectivity index (χ1) is 17.3. The third kappa shape index (κ3) is 5.09. The highest BCUT2D eigenvalue weighted by molar-refractivity contribution is 5.98. The molecule has 1 amide bonds. The number of nitrogens with one attached hydrogen (secondary N) is 2. The normalized spacial score (nSPS) is 18.2. The van der Waals surface area contributed by atoms with E-state index in [1.54, 1.807) is 24.3 Å². The Hall–Kier alpha value is -3.77. The van der Waals surface area contributed by atoms with Crippen LogP contribution in [0.4, 0.5) is 18.9 Å². The molecule has 2 aromatic carbocycles. The molecule has 0 bridgehead atoms. The van der Waals surface area contributed by atoms with Crippen molar-refractivity contribution in [1.29, 1.82) is 0 Å². The summed E-state index contributed by atoms with van der Waals surface area (Å²) < 4.78 is 48.6. The Morgan fingerprint density at radius 2 is 1.75 bits per heavy atom. The number of anilines is 1. The number of alkyl halides is 3. The topological polar surface area (TPSA) is 107 Å². The summed E-state index contributed by atoms with van der Waals surface area (Å²) in [5.74, 6) is -0.410. The lowest BCUT2D eigenvalue weighted by atomic mass is 10.0. The van der Waals surface area contributed by atoms with Crippen LogP contribution in [0.15, 0.2) is 48.5 Å². The average molecular weight is 502 g/mol. The number of hydrogen-bond acceptors (Lipinski definition) is 7. The van der Waals surface area contributed by atoms with Gasteiger partial charge >= 0.3 is 6.36 Å². The maximum atomic E-state index is 12.5. The van der Waals surface area contributed by atoms with Gasteiger partial charge in [-0.15, -0.1) is 13.2 Å². The molecule has 1 saturated heterocycles. The highest BCUT2D eigenvalue weighted by Crippen LogP contribution is 2.37. The third-order valence-corrected chi connectivity index (χ3v) is 6.13. The van der Waals surface area contributed by atoms with Crippen LogP contribution < -0.4 is 25.8 Å². The standard InChI is InChI=1S/C24H25F3N6O3/c25-24(26,27)36-18-3-1-2-17(14-18)35-16-6-4-15(5-7-16)33-22(23(28)34)21-20(31-33)19(8-9-30-21)32-12-10-29-11-13-32/h1-7,14,19,29-30H,8-13H2,(H2,28,34)/t19-/m0/s1. The maximum Gasteiger partial charge on any atom is 0.573 e. The Morgan fingerprint density at radius 1 is 1.03 bits per heavy atom. The number of piperazine rings is 1. The zero-order chi connectivity index (χ0) is 25.3. The molecule has 0 aliphatic carbocycles. The summed E-state index contributed by atoms with van der Waals surface area (Å²) >= 11 is 0. The van der Waals surface area contributed by atoms with Crippen molar-refractivity contribution in [1.82, 2.24) is 20.0 Å². The van der Waals surface area contributed by atoms with Gasteiger partial charge in [-0.1, -0.05) is 6.07 Å². The molecule has 9 nitrogen and oxygen atoms in total. The molecule has 2 aliphatic heterocycles. The van der Waals surface area contributed by atoms with Crippen LogP contribution in [-0.2, 0) is 0 Å². The summed E-state index contributed by atoms with van der Waals surface area (Å²) in [6, 6.07) is 12.0. The lowest BCUT2D eigenvalue weighted by Crippen LogP contribution is -2.46. The van der Waals surface area contributed by atoms with Crippen molar-refractivity contribution in [3.05, 3.63) is 59.9 Å². The van der Waals surface area contributed by atoms with Crippen molar-refractivity contribution in [2.45, 2.75) is 18.8 Å². The zero-order valence-electron chi connectivity index (χ0n) is 19.2. The fourth-order valence-corrected chi connectivity index (χ4v) is 4.60. The van der Waals surface area contributed by atoms with Gasteiger partial charge in [0, 0.05) is 38.8 Å². The minimum atomic E-state index is -4.79. The lowest BCUT2D eigenvalue weighted by Gasteiger charge is -2.36. The number of halogens is 3. The zero-order valence-corrected chi connectivity index (χ0v) is 19.2. The van der Waals surface area contributed by atoms with E-state index in [4.69, 9.17) is 15.6 Å². The summed E-state index contributed by atoms with van der Waals surface area (Å²) in [6.45, 7) is 4.29. The molecule has 0 radical (unpaired) electrons. The van der Waals surface area contributed by atoms with Crippen LogP contribution in [0.2, 0.25) is 0 Å². The van der Waals surface area contributed by atoms with Crippen LogP contribution in [0, 0.1) is 0 Å². The first kappa shape index (κ1) is 23.9. The van der Waals surface area contributed by atoms with Gasteiger partial charge in [-0.25, -0.2) is 4.68 Å². The quantitative estimate of drug-likeness (QED) is 0.474. The van der Waals surface area contributed by atoms with Crippen molar-refractivity contribution in [2.75, 3.05) is 38.0 Å². The number of carbonyl (C=O) groups is 1. The number of rotatable bonds is 6. The molecule has 0 unspecified atom stereocenters. The number of primary amides is 1. The SMILES string of the molecule is NC(=O)c1c2c(nn1-c1ccc(Oc3cccc(OC(F)(F)F)c3)cc1)[C@@H](N1CCNCC1)CCN2. The van der Waals surface area contributed by atoms with Gasteiger partial charge in [0.1, 0.15) is 22.9 Å². The van der Waals surface area contributed by atoms with E-state index in [9.17, 15) is 18.0 Å². The van der Waals surface area contributed by atoms with Gasteiger partial charge in [-0.05, 0) is 42.8 Å². The number of benzene rings is 2. The van der Waals surface area contributed by atoms with Crippen LogP contribution in [0.1, 0.15) is 28.6 Å². The number of aromatic nitrogens is 2. The van der Waals surface area contributed by atoms with E-state index in [1.165, 1.54) is 22.9 Å². The number of nitrogens with two attached hydrogens (primary N) is 1. The second kappa shape index (κ2) is 9.70. The molecule has 3 aromatic rings. The third-order valence-electron chi connectivity index (χ3n) is 6.13. The van der Waals surface area contributed by atoms with Crippen molar-refractivity contribution in [3.63, 3.8) is 0 Å². The van der Waals surface area contributed by atoms with E-state index < -0.39 is 12.3 Å². The van der Waals surface area contributed by atoms with Crippen molar-refractivity contribution in [3.8, 4) is 22.9 Å². The molecular formula is C24H25F3N6O3. The van der Waals surface area contributed by atoms with Crippen LogP contribution in [0.3, 0.4) is 0 Å². The maximum absolute atomic E-state index is 12.5. The Morgan fingerprint density at radius 3 is 2.44 bits per heavy atom. The van der Waals surface area contributed by atoms with Crippen LogP contribution in [0.25, 0.3) is 5.69 Å².